The summed E-state index contributed by atoms with van der Waals surface area (Å²) < 4.78 is 0. The van der Waals surface area contributed by atoms with Crippen molar-refractivity contribution in [3.63, 3.8) is 0 Å². The molecule has 0 aromatic carbocycles. The van der Waals surface area contributed by atoms with Crippen molar-refractivity contribution >= 4 is 0 Å². The lowest BCUT2D eigenvalue weighted by atomic mass is 9.92. The largest absolute Gasteiger partial charge is 0.309 e. The third kappa shape index (κ3) is 2.29. The first-order valence-electron chi connectivity index (χ1n) is 7.09. The van der Waals surface area contributed by atoms with E-state index in [2.05, 4.69) is 41.2 Å². The molecule has 2 aliphatic rings. The van der Waals surface area contributed by atoms with Crippen LogP contribution in [0.15, 0.2) is 24.4 Å². The van der Waals surface area contributed by atoms with Crippen LogP contribution in [0.4, 0.5) is 0 Å². The number of nitrogens with zero attached hydrogens (tertiary/aromatic N) is 2. The molecule has 1 aromatic rings. The molecule has 0 amide bonds. The van der Waals surface area contributed by atoms with Gasteiger partial charge < -0.3 is 5.32 Å². The minimum Gasteiger partial charge on any atom is -0.309 e. The van der Waals surface area contributed by atoms with Gasteiger partial charge in [-0.15, -0.1) is 0 Å². The minimum absolute atomic E-state index is 0.321. The van der Waals surface area contributed by atoms with Crippen LogP contribution in [0.3, 0.4) is 0 Å². The predicted octanol–water partition coefficient (Wildman–Crippen LogP) is 2.22. The van der Waals surface area contributed by atoms with E-state index in [9.17, 15) is 0 Å². The summed E-state index contributed by atoms with van der Waals surface area (Å²) in [5.41, 5.74) is 1.51. The molecule has 1 N–H and O–H groups in total. The number of hydrogen-bond acceptors (Lipinski definition) is 3. The van der Waals surface area contributed by atoms with Gasteiger partial charge >= 0.3 is 0 Å². The lowest BCUT2D eigenvalue weighted by Crippen LogP contribution is -2.60. The smallest absolute Gasteiger partial charge is 0.0572 e. The molecule has 0 bridgehead atoms. The maximum absolute atomic E-state index is 4.50. The van der Waals surface area contributed by atoms with Gasteiger partial charge in [-0.2, -0.15) is 0 Å². The summed E-state index contributed by atoms with van der Waals surface area (Å²) >= 11 is 0. The highest BCUT2D eigenvalue weighted by Gasteiger charge is 2.44. The van der Waals surface area contributed by atoms with Gasteiger partial charge in [0.2, 0.25) is 0 Å². The molecule has 2 unspecified atom stereocenters. The molecule has 2 atom stereocenters. The number of piperazine rings is 1. The van der Waals surface area contributed by atoms with Crippen LogP contribution in [0.1, 0.15) is 38.4 Å². The Kier molecular flexibility index (Phi) is 3.12. The molecule has 2 fully saturated rings. The summed E-state index contributed by atoms with van der Waals surface area (Å²) in [6.07, 6.45) is 4.69. The molecule has 1 saturated carbocycles. The number of rotatable bonds is 3. The van der Waals surface area contributed by atoms with Crippen LogP contribution in [0.25, 0.3) is 0 Å². The van der Waals surface area contributed by atoms with E-state index in [0.29, 0.717) is 11.6 Å². The van der Waals surface area contributed by atoms with Gasteiger partial charge in [-0.3, -0.25) is 9.88 Å². The molecule has 2 heterocycles. The van der Waals surface area contributed by atoms with Gasteiger partial charge in [-0.1, -0.05) is 6.07 Å². The molecular formula is C15H23N3. The molecular weight excluding hydrogens is 222 g/mol. The number of aromatic nitrogens is 1. The van der Waals surface area contributed by atoms with Gasteiger partial charge in [0.25, 0.3) is 0 Å². The Labute approximate surface area is 110 Å². The van der Waals surface area contributed by atoms with Crippen molar-refractivity contribution in [3.05, 3.63) is 30.1 Å². The second kappa shape index (κ2) is 4.63. The second-order valence-electron chi connectivity index (χ2n) is 6.02. The number of hydrogen-bond donors (Lipinski definition) is 1. The summed E-state index contributed by atoms with van der Waals surface area (Å²) in [4.78, 5) is 7.08. The Morgan fingerprint density at radius 2 is 2.28 bits per heavy atom. The lowest BCUT2D eigenvalue weighted by Gasteiger charge is -2.44. The molecule has 98 valence electrons. The van der Waals surface area contributed by atoms with Crippen molar-refractivity contribution in [2.24, 2.45) is 5.92 Å². The molecule has 3 rings (SSSR count). The van der Waals surface area contributed by atoms with Gasteiger partial charge in [-0.25, -0.2) is 0 Å². The fraction of sp³-hybridized carbons (Fsp3) is 0.667. The maximum atomic E-state index is 4.50. The standard InChI is InChI=1S/C15H23N3/c1-12(14-5-3-4-8-16-14)18-10-9-17-15(2,11-18)13-6-7-13/h3-5,8,12-13,17H,6-7,9-11H2,1-2H3. The Morgan fingerprint density at radius 3 is 2.94 bits per heavy atom. The summed E-state index contributed by atoms with van der Waals surface area (Å²) in [6, 6.07) is 6.64. The van der Waals surface area contributed by atoms with E-state index in [1.165, 1.54) is 18.5 Å². The molecule has 0 radical (unpaired) electrons. The molecule has 1 aliphatic carbocycles. The number of pyridine rings is 1. The first-order valence-corrected chi connectivity index (χ1v) is 7.09. The maximum Gasteiger partial charge on any atom is 0.0572 e. The Balaban J connectivity index is 1.72. The van der Waals surface area contributed by atoms with Crippen LogP contribution in [-0.4, -0.2) is 35.1 Å². The zero-order valence-corrected chi connectivity index (χ0v) is 11.4. The van der Waals surface area contributed by atoms with Crippen molar-refractivity contribution < 1.29 is 0 Å². The van der Waals surface area contributed by atoms with Crippen LogP contribution in [-0.2, 0) is 0 Å². The zero-order valence-electron chi connectivity index (χ0n) is 11.4. The average molecular weight is 245 g/mol. The highest BCUT2D eigenvalue weighted by molar-refractivity contribution is 5.10. The molecule has 0 spiro atoms. The van der Waals surface area contributed by atoms with Crippen LogP contribution >= 0.6 is 0 Å². The van der Waals surface area contributed by atoms with E-state index in [1.807, 2.05) is 12.3 Å². The summed E-state index contributed by atoms with van der Waals surface area (Å²) in [7, 11) is 0. The van der Waals surface area contributed by atoms with E-state index in [1.54, 1.807) is 0 Å². The van der Waals surface area contributed by atoms with Crippen molar-refractivity contribution in [1.82, 2.24) is 15.2 Å². The van der Waals surface area contributed by atoms with E-state index < -0.39 is 0 Å². The summed E-state index contributed by atoms with van der Waals surface area (Å²) in [5.74, 6) is 0.885. The van der Waals surface area contributed by atoms with Gasteiger partial charge in [-0.05, 0) is 44.7 Å². The van der Waals surface area contributed by atoms with Crippen molar-refractivity contribution in [3.8, 4) is 0 Å². The normalized spacial score (nSPS) is 31.2. The minimum atomic E-state index is 0.321. The Hall–Kier alpha value is -0.930. The van der Waals surface area contributed by atoms with Crippen molar-refractivity contribution in [2.45, 2.75) is 38.3 Å². The highest BCUT2D eigenvalue weighted by atomic mass is 15.2. The fourth-order valence-electron chi connectivity index (χ4n) is 3.18. The topological polar surface area (TPSA) is 28.2 Å². The molecule has 1 saturated heterocycles. The van der Waals surface area contributed by atoms with E-state index >= 15 is 0 Å². The molecule has 1 aromatic heterocycles. The molecule has 3 nitrogen and oxygen atoms in total. The predicted molar refractivity (Wildman–Crippen MR) is 73.4 cm³/mol. The third-order valence-electron chi connectivity index (χ3n) is 4.60. The van der Waals surface area contributed by atoms with Crippen LogP contribution in [0, 0.1) is 5.92 Å². The lowest BCUT2D eigenvalue weighted by molar-refractivity contribution is 0.0930. The SMILES string of the molecule is CC(c1ccccn1)N1CCNC(C)(C2CC2)C1. The fourth-order valence-corrected chi connectivity index (χ4v) is 3.18. The second-order valence-corrected chi connectivity index (χ2v) is 6.02. The van der Waals surface area contributed by atoms with Crippen LogP contribution < -0.4 is 5.32 Å². The van der Waals surface area contributed by atoms with Crippen molar-refractivity contribution in [1.29, 1.82) is 0 Å². The number of nitrogens with one attached hydrogen (secondary N) is 1. The Bertz CT molecular complexity index is 401. The van der Waals surface area contributed by atoms with Gasteiger partial charge in [0.1, 0.15) is 0 Å². The van der Waals surface area contributed by atoms with Gasteiger partial charge in [0.05, 0.1) is 5.69 Å². The quantitative estimate of drug-likeness (QED) is 0.885. The van der Waals surface area contributed by atoms with E-state index in [0.717, 1.165) is 25.6 Å². The van der Waals surface area contributed by atoms with E-state index in [4.69, 9.17) is 0 Å². The van der Waals surface area contributed by atoms with Gasteiger partial charge in [0.15, 0.2) is 0 Å². The molecule has 1 aliphatic heterocycles. The van der Waals surface area contributed by atoms with Crippen LogP contribution in [0.5, 0.6) is 0 Å². The van der Waals surface area contributed by atoms with Crippen molar-refractivity contribution in [2.75, 3.05) is 19.6 Å². The summed E-state index contributed by atoms with van der Waals surface area (Å²) in [5, 5.41) is 3.73. The zero-order chi connectivity index (χ0) is 12.6. The van der Waals surface area contributed by atoms with E-state index in [-0.39, 0.29) is 0 Å². The monoisotopic (exact) mass is 245 g/mol. The highest BCUT2D eigenvalue weighted by Crippen LogP contribution is 2.41. The average Bonchev–Trinajstić information content (AvgIpc) is 3.24. The van der Waals surface area contributed by atoms with Gasteiger partial charge in [0, 0.05) is 37.4 Å². The van der Waals surface area contributed by atoms with Crippen LogP contribution in [0.2, 0.25) is 0 Å². The Morgan fingerprint density at radius 1 is 1.44 bits per heavy atom. The summed E-state index contributed by atoms with van der Waals surface area (Å²) in [6.45, 7) is 8.04. The first-order chi connectivity index (χ1) is 8.69. The third-order valence-corrected chi connectivity index (χ3v) is 4.60. The molecule has 3 heteroatoms. The first kappa shape index (κ1) is 12.1. The molecule has 18 heavy (non-hydrogen) atoms.